The Morgan fingerprint density at radius 1 is 1.22 bits per heavy atom. The van der Waals surface area contributed by atoms with Gasteiger partial charge in [-0.25, -0.2) is 9.78 Å². The van der Waals surface area contributed by atoms with E-state index in [0.717, 1.165) is 34.4 Å². The number of carbonyl (C=O) groups excluding carboxylic acids is 2. The van der Waals surface area contributed by atoms with E-state index in [2.05, 4.69) is 14.4 Å². The second-order valence-electron chi connectivity index (χ2n) is 11.4. The fraction of sp³-hybridized carbons (Fsp3) is 0.429. The molecule has 1 aromatic carbocycles. The number of ketones is 1. The molecular formula is C28H31N5O10S2. The molecule has 2 aliphatic rings. The van der Waals surface area contributed by atoms with E-state index in [1.165, 1.54) is 38.5 Å². The van der Waals surface area contributed by atoms with Gasteiger partial charge >= 0.3 is 16.4 Å². The monoisotopic (exact) mass is 661 g/mol. The second-order valence-corrected chi connectivity index (χ2v) is 13.3. The lowest BCUT2D eigenvalue weighted by Crippen LogP contribution is -2.68. The van der Waals surface area contributed by atoms with Crippen molar-refractivity contribution in [3.05, 3.63) is 47.1 Å². The number of carboxylic acid groups (broad SMARTS) is 1. The van der Waals surface area contributed by atoms with Gasteiger partial charge in [0.25, 0.3) is 12.0 Å². The third-order valence-electron chi connectivity index (χ3n) is 7.85. The molecule has 1 saturated carbocycles. The number of carbonyl (C=O) groups is 3. The van der Waals surface area contributed by atoms with E-state index in [9.17, 15) is 27.9 Å². The van der Waals surface area contributed by atoms with Crippen LogP contribution in [0.3, 0.4) is 0 Å². The number of aliphatic carboxylic acids is 1. The average Bonchev–Trinajstić information content (AvgIpc) is 3.38. The van der Waals surface area contributed by atoms with E-state index in [-0.39, 0.29) is 10.8 Å². The molecule has 17 heteroatoms. The number of nitrogens with two attached hydrogens (primary N) is 1. The number of nitrogen functional groups attached to an aromatic ring is 1. The Hall–Kier alpha value is -4.19. The summed E-state index contributed by atoms with van der Waals surface area (Å²) in [6, 6.07) is 9.11. The molecule has 15 nitrogen and oxygen atoms in total. The topological polar surface area (TPSA) is 221 Å². The van der Waals surface area contributed by atoms with Gasteiger partial charge in [-0.2, -0.15) is 13.5 Å². The molecule has 45 heavy (non-hydrogen) atoms. The van der Waals surface area contributed by atoms with Crippen molar-refractivity contribution in [3.63, 3.8) is 0 Å². The lowest BCUT2D eigenvalue weighted by Gasteiger charge is -2.50. The van der Waals surface area contributed by atoms with Crippen LogP contribution in [-0.2, 0) is 40.3 Å². The molecule has 1 amide bonds. The number of Topliss-reactive ketones (excluding diaryl/α,β-unsaturated/α-hetero) is 1. The number of pyridine rings is 1. The normalized spacial score (nSPS) is 19.1. The van der Waals surface area contributed by atoms with E-state index >= 15 is 0 Å². The average molecular weight is 662 g/mol. The molecule has 2 aromatic heterocycles. The van der Waals surface area contributed by atoms with Crippen LogP contribution in [0, 0.1) is 11.8 Å². The van der Waals surface area contributed by atoms with Crippen LogP contribution in [-0.4, -0.2) is 74.7 Å². The summed E-state index contributed by atoms with van der Waals surface area (Å²) in [5.74, 6) is -3.06. The number of amides is 1. The number of β-lactam (4-membered cyclic amide) rings is 1. The van der Waals surface area contributed by atoms with Crippen LogP contribution in [0.1, 0.15) is 50.9 Å². The SMILES string of the molecule is CC1(C)C(CC(=O)/C(=N\O[C@@H](COc2ccc3nc(CC4CCC4)ccc3c2)C(=O)O)c2csc(N)n2)C(=O)N1OS(=O)(=O)O. The van der Waals surface area contributed by atoms with Crippen molar-refractivity contribution in [1.29, 1.82) is 0 Å². The predicted molar refractivity (Wildman–Crippen MR) is 161 cm³/mol. The number of benzene rings is 1. The van der Waals surface area contributed by atoms with Gasteiger partial charge in [-0.3, -0.25) is 19.1 Å². The standard InChI is InChI=1S/C28H31N5O10S2/c1-28(2)19(25(35)33(28)43-45(38,39)40)12-22(34)24(21-14-44-27(29)31-21)32-42-23(26(36)37)13-41-18-8-9-20-16(11-18)6-7-17(30-20)10-15-4-3-5-15/h6-9,11,14-15,19,23H,3-5,10,12-13H2,1-2H3,(H2,29,31)(H,36,37)(H,38,39,40)/b32-24-/t19?,23-/m0/s1. The number of oxime groups is 1. The molecule has 0 spiro atoms. The Morgan fingerprint density at radius 2 is 1.98 bits per heavy atom. The first kappa shape index (κ1) is 32.2. The highest BCUT2D eigenvalue weighted by Gasteiger charge is 2.57. The Kier molecular flexibility index (Phi) is 9.06. The number of rotatable bonds is 14. The minimum Gasteiger partial charge on any atom is -0.489 e. The van der Waals surface area contributed by atoms with E-state index in [4.69, 9.17) is 24.8 Å². The molecule has 0 radical (unpaired) electrons. The van der Waals surface area contributed by atoms with Crippen molar-refractivity contribution >= 4 is 61.1 Å². The summed E-state index contributed by atoms with van der Waals surface area (Å²) in [6.45, 7) is 2.40. The largest absolute Gasteiger partial charge is 0.489 e. The molecule has 3 heterocycles. The summed E-state index contributed by atoms with van der Waals surface area (Å²) in [7, 11) is -4.98. The van der Waals surface area contributed by atoms with Crippen LogP contribution in [0.2, 0.25) is 0 Å². The van der Waals surface area contributed by atoms with Crippen molar-refractivity contribution in [3.8, 4) is 5.75 Å². The van der Waals surface area contributed by atoms with Crippen LogP contribution >= 0.6 is 11.3 Å². The van der Waals surface area contributed by atoms with Gasteiger partial charge < -0.3 is 20.4 Å². The molecule has 1 aliphatic heterocycles. The van der Waals surface area contributed by atoms with Gasteiger partial charge in [0.2, 0.25) is 0 Å². The molecule has 5 rings (SSSR count). The Morgan fingerprint density at radius 3 is 2.58 bits per heavy atom. The maximum atomic E-state index is 13.3. The Labute approximate surface area is 261 Å². The molecule has 0 bridgehead atoms. The van der Waals surface area contributed by atoms with Gasteiger partial charge in [0.15, 0.2) is 16.6 Å². The molecule has 2 fully saturated rings. The van der Waals surface area contributed by atoms with Gasteiger partial charge in [0.05, 0.1) is 17.0 Å². The molecule has 1 unspecified atom stereocenters. The summed E-state index contributed by atoms with van der Waals surface area (Å²) in [5.41, 5.74) is 5.82. The summed E-state index contributed by atoms with van der Waals surface area (Å²) in [5, 5.41) is 16.3. The summed E-state index contributed by atoms with van der Waals surface area (Å²) in [6.07, 6.45) is 2.53. The molecule has 4 N–H and O–H groups in total. The van der Waals surface area contributed by atoms with Crippen LogP contribution in [0.4, 0.5) is 5.13 Å². The van der Waals surface area contributed by atoms with Crippen molar-refractivity contribution in [2.45, 2.75) is 57.6 Å². The van der Waals surface area contributed by atoms with Crippen LogP contribution in [0.25, 0.3) is 10.9 Å². The summed E-state index contributed by atoms with van der Waals surface area (Å²) < 4.78 is 41.2. The number of carboxylic acids is 1. The first-order valence-electron chi connectivity index (χ1n) is 14.0. The van der Waals surface area contributed by atoms with Gasteiger partial charge in [0.1, 0.15) is 18.1 Å². The number of hydrogen-bond donors (Lipinski definition) is 3. The maximum Gasteiger partial charge on any atom is 0.418 e. The first-order valence-corrected chi connectivity index (χ1v) is 16.2. The first-order chi connectivity index (χ1) is 21.2. The van der Waals surface area contributed by atoms with Gasteiger partial charge in [-0.1, -0.05) is 30.5 Å². The van der Waals surface area contributed by atoms with Crippen molar-refractivity contribution in [2.75, 3.05) is 12.3 Å². The zero-order chi connectivity index (χ0) is 32.5. The minimum absolute atomic E-state index is 0.0121. The second kappa shape index (κ2) is 12.7. The number of aromatic nitrogens is 2. The number of fused-ring (bicyclic) bond motifs is 1. The zero-order valence-corrected chi connectivity index (χ0v) is 25.9. The van der Waals surface area contributed by atoms with E-state index in [1.807, 2.05) is 12.1 Å². The van der Waals surface area contributed by atoms with Gasteiger partial charge in [-0.05, 0) is 50.5 Å². The number of hydroxylamine groups is 2. The number of anilines is 1. The number of ether oxygens (including phenoxy) is 1. The van der Waals surface area contributed by atoms with Crippen molar-refractivity contribution in [2.24, 2.45) is 17.0 Å². The highest BCUT2D eigenvalue weighted by Crippen LogP contribution is 2.40. The third kappa shape index (κ3) is 7.38. The number of hydrogen-bond acceptors (Lipinski definition) is 13. The molecule has 240 valence electrons. The minimum atomic E-state index is -4.98. The lowest BCUT2D eigenvalue weighted by atomic mass is 9.74. The smallest absolute Gasteiger partial charge is 0.418 e. The summed E-state index contributed by atoms with van der Waals surface area (Å²) >= 11 is 0.995. The van der Waals surface area contributed by atoms with E-state index < -0.39 is 64.4 Å². The summed E-state index contributed by atoms with van der Waals surface area (Å²) in [4.78, 5) is 51.9. The maximum absolute atomic E-state index is 13.3. The molecule has 2 atom stereocenters. The van der Waals surface area contributed by atoms with Crippen LogP contribution in [0.5, 0.6) is 5.75 Å². The van der Waals surface area contributed by atoms with Gasteiger partial charge in [-0.15, -0.1) is 15.6 Å². The fourth-order valence-electron chi connectivity index (χ4n) is 5.06. The number of nitrogens with zero attached hydrogens (tertiary/aromatic N) is 4. The zero-order valence-electron chi connectivity index (χ0n) is 24.3. The lowest BCUT2D eigenvalue weighted by molar-refractivity contribution is -0.228. The highest BCUT2D eigenvalue weighted by molar-refractivity contribution is 7.80. The van der Waals surface area contributed by atoms with Gasteiger partial charge in [0, 0.05) is 22.9 Å². The van der Waals surface area contributed by atoms with Crippen LogP contribution < -0.4 is 10.5 Å². The van der Waals surface area contributed by atoms with Crippen molar-refractivity contribution in [1.82, 2.24) is 15.0 Å². The Bertz CT molecular complexity index is 1770. The highest BCUT2D eigenvalue weighted by atomic mass is 32.3. The molecular weight excluding hydrogens is 630 g/mol. The van der Waals surface area contributed by atoms with Crippen molar-refractivity contribution < 1.29 is 46.3 Å². The van der Waals surface area contributed by atoms with E-state index in [0.29, 0.717) is 16.7 Å². The Balaban J connectivity index is 1.27. The molecule has 3 aromatic rings. The predicted octanol–water partition coefficient (Wildman–Crippen LogP) is 2.80. The van der Waals surface area contributed by atoms with Crippen LogP contribution in [0.15, 0.2) is 40.9 Å². The fourth-order valence-corrected chi connectivity index (χ4v) is 6.06. The quantitative estimate of drug-likeness (QED) is 0.0980. The molecule has 1 aliphatic carbocycles. The van der Waals surface area contributed by atoms with E-state index in [1.54, 1.807) is 18.2 Å². The molecule has 1 saturated heterocycles. The number of thiazole rings is 1. The third-order valence-corrected chi connectivity index (χ3v) is 8.86.